The summed E-state index contributed by atoms with van der Waals surface area (Å²) in [5.74, 6) is -0.465. The molecule has 32 heavy (non-hydrogen) atoms. The minimum atomic E-state index is -4.68. The summed E-state index contributed by atoms with van der Waals surface area (Å²) in [5.41, 5.74) is -0.829. The summed E-state index contributed by atoms with van der Waals surface area (Å²) in [7, 11) is 0. The first kappa shape index (κ1) is 21.3. The SMILES string of the molecule is O=C(c1nc2c(C(F)(F)F)cc(-c3ccoc3)cn2c1Cl)N1CCC(N2CCOCC2)C1. The molecule has 7 nitrogen and oxygen atoms in total. The van der Waals surface area contributed by atoms with Crippen LogP contribution >= 0.6 is 11.6 Å². The number of furan rings is 1. The third-order valence-corrected chi connectivity index (χ3v) is 6.40. The van der Waals surface area contributed by atoms with Gasteiger partial charge < -0.3 is 14.1 Å². The van der Waals surface area contributed by atoms with E-state index in [-0.39, 0.29) is 22.5 Å². The molecule has 0 saturated carbocycles. The van der Waals surface area contributed by atoms with Gasteiger partial charge in [-0.05, 0) is 18.6 Å². The highest BCUT2D eigenvalue weighted by Crippen LogP contribution is 2.37. The first-order chi connectivity index (χ1) is 15.3. The molecule has 2 saturated heterocycles. The Morgan fingerprint density at radius 1 is 1.19 bits per heavy atom. The number of amides is 1. The van der Waals surface area contributed by atoms with Gasteiger partial charge in [-0.1, -0.05) is 11.6 Å². The monoisotopic (exact) mass is 468 g/mol. The van der Waals surface area contributed by atoms with Crippen LogP contribution in [-0.2, 0) is 10.9 Å². The third-order valence-electron chi connectivity index (χ3n) is 6.04. The Morgan fingerprint density at radius 3 is 2.66 bits per heavy atom. The van der Waals surface area contributed by atoms with E-state index in [2.05, 4.69) is 9.88 Å². The Balaban J connectivity index is 1.49. The van der Waals surface area contributed by atoms with E-state index in [1.165, 1.54) is 18.7 Å². The molecule has 3 aromatic rings. The molecule has 0 radical (unpaired) electrons. The molecular formula is C21H20ClF3N4O3. The van der Waals surface area contributed by atoms with Gasteiger partial charge in [0, 0.05) is 49.5 Å². The van der Waals surface area contributed by atoms with Crippen molar-refractivity contribution in [3.05, 3.63) is 47.3 Å². The number of morpholine rings is 1. The molecule has 170 valence electrons. The lowest BCUT2D eigenvalue weighted by Crippen LogP contribution is -2.45. The van der Waals surface area contributed by atoms with E-state index in [0.717, 1.165) is 30.0 Å². The molecule has 5 heterocycles. The topological polar surface area (TPSA) is 63.2 Å². The number of carbonyl (C=O) groups excluding carboxylic acids is 1. The molecule has 11 heteroatoms. The van der Waals surface area contributed by atoms with Crippen molar-refractivity contribution < 1.29 is 27.1 Å². The van der Waals surface area contributed by atoms with Crippen LogP contribution in [0, 0.1) is 0 Å². The lowest BCUT2D eigenvalue weighted by Gasteiger charge is -2.32. The van der Waals surface area contributed by atoms with Crippen LogP contribution in [0.3, 0.4) is 0 Å². The van der Waals surface area contributed by atoms with E-state index in [1.54, 1.807) is 11.0 Å². The standard InChI is InChI=1S/C21H20ClF3N4O3/c22-18-17(20(30)28-3-1-15(11-28)27-4-7-31-8-5-27)26-19-16(21(23,24)25)9-14(10-29(18)19)13-2-6-32-12-13/h2,6,9-10,12,15H,1,3-5,7-8,11H2. The maximum atomic E-state index is 13.8. The first-order valence-corrected chi connectivity index (χ1v) is 10.6. The number of ether oxygens (including phenoxy) is 1. The van der Waals surface area contributed by atoms with Crippen LogP contribution in [0.1, 0.15) is 22.5 Å². The number of aromatic nitrogens is 2. The second-order valence-corrected chi connectivity index (χ2v) is 8.30. The molecule has 2 aliphatic heterocycles. The van der Waals surface area contributed by atoms with Crippen LogP contribution in [-0.4, -0.2) is 70.5 Å². The number of alkyl halides is 3. The van der Waals surface area contributed by atoms with Gasteiger partial charge in [0.25, 0.3) is 5.91 Å². The Kier molecular flexibility index (Phi) is 5.39. The average molecular weight is 469 g/mol. The number of pyridine rings is 1. The maximum absolute atomic E-state index is 13.8. The van der Waals surface area contributed by atoms with E-state index >= 15 is 0 Å². The van der Waals surface area contributed by atoms with Crippen LogP contribution in [0.15, 0.2) is 35.3 Å². The van der Waals surface area contributed by atoms with Gasteiger partial charge in [0.05, 0.1) is 31.3 Å². The fraction of sp³-hybridized carbons (Fsp3) is 0.429. The molecule has 0 aromatic carbocycles. The van der Waals surface area contributed by atoms with Crippen molar-refractivity contribution in [1.82, 2.24) is 19.2 Å². The van der Waals surface area contributed by atoms with E-state index in [4.69, 9.17) is 20.8 Å². The highest BCUT2D eigenvalue weighted by atomic mass is 35.5. The summed E-state index contributed by atoms with van der Waals surface area (Å²) >= 11 is 6.41. The second kappa shape index (κ2) is 8.09. The smallest absolute Gasteiger partial charge is 0.420 e. The van der Waals surface area contributed by atoms with Crippen LogP contribution in [0.25, 0.3) is 16.8 Å². The number of hydrogen-bond donors (Lipinski definition) is 0. The van der Waals surface area contributed by atoms with Gasteiger partial charge in [-0.2, -0.15) is 13.2 Å². The van der Waals surface area contributed by atoms with Crippen molar-refractivity contribution in [1.29, 1.82) is 0 Å². The molecule has 0 bridgehead atoms. The predicted octanol–water partition coefficient (Wildman–Crippen LogP) is 3.81. The van der Waals surface area contributed by atoms with Crippen molar-refractivity contribution >= 4 is 23.2 Å². The fourth-order valence-corrected chi connectivity index (χ4v) is 4.62. The number of rotatable bonds is 3. The molecule has 1 atom stereocenters. The summed E-state index contributed by atoms with van der Waals surface area (Å²) in [4.78, 5) is 21.1. The Labute approximate surface area is 186 Å². The molecule has 1 unspecified atom stereocenters. The average Bonchev–Trinajstić information content (AvgIpc) is 3.53. The number of likely N-dealkylation sites (tertiary alicyclic amines) is 1. The first-order valence-electron chi connectivity index (χ1n) is 10.3. The van der Waals surface area contributed by atoms with E-state index in [0.29, 0.717) is 31.9 Å². The molecule has 2 aliphatic rings. The zero-order chi connectivity index (χ0) is 22.5. The van der Waals surface area contributed by atoms with Gasteiger partial charge in [0.15, 0.2) is 11.3 Å². The molecule has 0 N–H and O–H groups in total. The van der Waals surface area contributed by atoms with Crippen molar-refractivity contribution in [3.63, 3.8) is 0 Å². The number of halogens is 4. The van der Waals surface area contributed by atoms with Crippen molar-refractivity contribution in [2.24, 2.45) is 0 Å². The van der Waals surface area contributed by atoms with Gasteiger partial charge in [-0.3, -0.25) is 14.1 Å². The molecule has 2 fully saturated rings. The Morgan fingerprint density at radius 2 is 1.97 bits per heavy atom. The Hall–Kier alpha value is -2.56. The van der Waals surface area contributed by atoms with Crippen LogP contribution in [0.4, 0.5) is 13.2 Å². The third kappa shape index (κ3) is 3.76. The summed E-state index contributed by atoms with van der Waals surface area (Å²) < 4.78 is 52.9. The van der Waals surface area contributed by atoms with Crippen molar-refractivity contribution in [2.75, 3.05) is 39.4 Å². The van der Waals surface area contributed by atoms with Gasteiger partial charge in [0.1, 0.15) is 5.15 Å². The molecule has 1 amide bonds. The van der Waals surface area contributed by atoms with E-state index in [9.17, 15) is 18.0 Å². The van der Waals surface area contributed by atoms with Gasteiger partial charge in [0.2, 0.25) is 0 Å². The molecule has 5 rings (SSSR count). The lowest BCUT2D eigenvalue weighted by molar-refractivity contribution is -0.136. The Bertz CT molecular complexity index is 1140. The van der Waals surface area contributed by atoms with Crippen LogP contribution < -0.4 is 0 Å². The van der Waals surface area contributed by atoms with Gasteiger partial charge >= 0.3 is 6.18 Å². The largest absolute Gasteiger partial charge is 0.472 e. The van der Waals surface area contributed by atoms with E-state index in [1.807, 2.05) is 0 Å². The number of nitrogens with zero attached hydrogens (tertiary/aromatic N) is 4. The van der Waals surface area contributed by atoms with Crippen LogP contribution in [0.5, 0.6) is 0 Å². The van der Waals surface area contributed by atoms with Crippen molar-refractivity contribution in [2.45, 2.75) is 18.6 Å². The summed E-state index contributed by atoms with van der Waals surface area (Å²) in [5, 5.41) is -0.143. The fourth-order valence-electron chi connectivity index (χ4n) is 4.37. The number of carbonyl (C=O) groups is 1. The molecule has 3 aromatic heterocycles. The number of hydrogen-bond acceptors (Lipinski definition) is 5. The minimum absolute atomic E-state index is 0.143. The normalized spacial score (nSPS) is 20.4. The zero-order valence-electron chi connectivity index (χ0n) is 16.9. The lowest BCUT2D eigenvalue weighted by atomic mass is 10.1. The second-order valence-electron chi connectivity index (χ2n) is 7.94. The van der Waals surface area contributed by atoms with Crippen molar-refractivity contribution in [3.8, 4) is 11.1 Å². The molecule has 0 spiro atoms. The predicted molar refractivity (Wildman–Crippen MR) is 110 cm³/mol. The highest BCUT2D eigenvalue weighted by Gasteiger charge is 2.38. The zero-order valence-corrected chi connectivity index (χ0v) is 17.7. The number of fused-ring (bicyclic) bond motifs is 1. The summed E-state index contributed by atoms with van der Waals surface area (Å²) in [6.45, 7) is 3.89. The van der Waals surface area contributed by atoms with E-state index < -0.39 is 23.3 Å². The minimum Gasteiger partial charge on any atom is -0.472 e. The van der Waals surface area contributed by atoms with Gasteiger partial charge in [-0.25, -0.2) is 4.98 Å². The molecule has 0 aliphatic carbocycles. The van der Waals surface area contributed by atoms with Gasteiger partial charge in [-0.15, -0.1) is 0 Å². The van der Waals surface area contributed by atoms with Crippen LogP contribution in [0.2, 0.25) is 5.15 Å². The molecular weight excluding hydrogens is 449 g/mol. The summed E-state index contributed by atoms with van der Waals surface area (Å²) in [6.07, 6.45) is 0.256. The quantitative estimate of drug-likeness (QED) is 0.585. The highest BCUT2D eigenvalue weighted by molar-refractivity contribution is 6.33. The maximum Gasteiger partial charge on any atom is 0.420 e. The number of imidazole rings is 1. The summed E-state index contributed by atoms with van der Waals surface area (Å²) in [6, 6.07) is 2.73.